The predicted molar refractivity (Wildman–Crippen MR) is 74.4 cm³/mol. The van der Waals surface area contributed by atoms with Crippen LogP contribution in [0.2, 0.25) is 0 Å². The number of hydrogen-bond donors (Lipinski definition) is 1. The summed E-state index contributed by atoms with van der Waals surface area (Å²) in [7, 11) is 0. The van der Waals surface area contributed by atoms with E-state index in [2.05, 4.69) is 15.9 Å². The van der Waals surface area contributed by atoms with Crippen LogP contribution in [0.1, 0.15) is 16.8 Å². The lowest BCUT2D eigenvalue weighted by molar-refractivity contribution is 0.0783. The molecule has 100 valence electrons. The monoisotopic (exact) mass is 336 g/mol. The van der Waals surface area contributed by atoms with Gasteiger partial charge in [-0.25, -0.2) is 4.39 Å². The van der Waals surface area contributed by atoms with Gasteiger partial charge < -0.3 is 10.6 Å². The summed E-state index contributed by atoms with van der Waals surface area (Å²) < 4.78 is 14.3. The van der Waals surface area contributed by atoms with Gasteiger partial charge in [-0.15, -0.1) is 12.4 Å². The molecule has 0 radical (unpaired) electrons. The van der Waals surface area contributed by atoms with E-state index in [0.717, 1.165) is 6.42 Å². The number of carbonyl (C=O) groups is 1. The molecule has 1 aromatic carbocycles. The van der Waals surface area contributed by atoms with Crippen molar-refractivity contribution in [3.8, 4) is 0 Å². The minimum atomic E-state index is -0.477. The van der Waals surface area contributed by atoms with E-state index in [1.165, 1.54) is 12.1 Å². The number of hydrogen-bond acceptors (Lipinski definition) is 2. The Morgan fingerprint density at radius 2 is 2.28 bits per heavy atom. The number of nitrogens with zero attached hydrogens (tertiary/aromatic N) is 1. The molecule has 2 rings (SSSR count). The Bertz CT molecular complexity index is 444. The molecule has 0 spiro atoms. The average Bonchev–Trinajstić information content (AvgIpc) is 2.80. The molecule has 6 heteroatoms. The smallest absolute Gasteiger partial charge is 0.256 e. The second-order valence-electron chi connectivity index (χ2n) is 4.27. The quantitative estimate of drug-likeness (QED) is 0.901. The topological polar surface area (TPSA) is 46.3 Å². The molecular formula is C12H15BrClFN2O. The Morgan fingerprint density at radius 1 is 1.56 bits per heavy atom. The second kappa shape index (κ2) is 6.50. The van der Waals surface area contributed by atoms with E-state index >= 15 is 0 Å². The van der Waals surface area contributed by atoms with Crippen LogP contribution in [0.25, 0.3) is 0 Å². The highest BCUT2D eigenvalue weighted by Crippen LogP contribution is 2.21. The van der Waals surface area contributed by atoms with Crippen molar-refractivity contribution in [2.75, 3.05) is 19.6 Å². The van der Waals surface area contributed by atoms with Crippen LogP contribution in [0.4, 0.5) is 4.39 Å². The van der Waals surface area contributed by atoms with E-state index in [4.69, 9.17) is 5.73 Å². The number of halogens is 3. The predicted octanol–water partition coefficient (Wildman–Crippen LogP) is 2.43. The second-order valence-corrected chi connectivity index (χ2v) is 5.18. The average molecular weight is 338 g/mol. The molecule has 0 saturated carbocycles. The third-order valence-corrected chi connectivity index (χ3v) is 3.56. The standard InChI is InChI=1S/C12H14BrFN2O.ClH/c13-9-1-2-11(14)10(5-9)12(17)16-4-3-8(6-15)7-16;/h1-2,5,8H,3-4,6-7,15H2;1H. The van der Waals surface area contributed by atoms with Crippen LogP contribution in [0.3, 0.4) is 0 Å². The van der Waals surface area contributed by atoms with Crippen molar-refractivity contribution in [2.45, 2.75) is 6.42 Å². The molecule has 1 fully saturated rings. The molecule has 1 aromatic rings. The van der Waals surface area contributed by atoms with Crippen molar-refractivity contribution < 1.29 is 9.18 Å². The van der Waals surface area contributed by atoms with Crippen LogP contribution in [0.15, 0.2) is 22.7 Å². The lowest BCUT2D eigenvalue weighted by atomic mass is 10.1. The number of nitrogens with two attached hydrogens (primary N) is 1. The van der Waals surface area contributed by atoms with Crippen LogP contribution in [-0.4, -0.2) is 30.4 Å². The van der Waals surface area contributed by atoms with Gasteiger partial charge >= 0.3 is 0 Å². The molecule has 2 N–H and O–H groups in total. The summed E-state index contributed by atoms with van der Waals surface area (Å²) in [5.41, 5.74) is 5.69. The van der Waals surface area contributed by atoms with Gasteiger partial charge in [0.2, 0.25) is 0 Å². The molecule has 1 atom stereocenters. The lowest BCUT2D eigenvalue weighted by Gasteiger charge is -2.16. The van der Waals surface area contributed by atoms with Gasteiger partial charge in [0, 0.05) is 17.6 Å². The van der Waals surface area contributed by atoms with Gasteiger partial charge in [0.15, 0.2) is 0 Å². The van der Waals surface area contributed by atoms with Crippen molar-refractivity contribution >= 4 is 34.2 Å². The summed E-state index contributed by atoms with van der Waals surface area (Å²) in [5, 5.41) is 0. The highest BCUT2D eigenvalue weighted by atomic mass is 79.9. The molecule has 1 heterocycles. The number of likely N-dealkylation sites (tertiary alicyclic amines) is 1. The zero-order valence-electron chi connectivity index (χ0n) is 9.73. The molecule has 0 aliphatic carbocycles. The Balaban J connectivity index is 0.00000162. The van der Waals surface area contributed by atoms with Gasteiger partial charge in [-0.1, -0.05) is 15.9 Å². The normalized spacial score (nSPS) is 18.6. The Kier molecular flexibility index (Phi) is 5.56. The zero-order chi connectivity index (χ0) is 12.4. The van der Waals surface area contributed by atoms with E-state index in [9.17, 15) is 9.18 Å². The molecule has 3 nitrogen and oxygen atoms in total. The van der Waals surface area contributed by atoms with E-state index < -0.39 is 5.82 Å². The number of amides is 1. The third kappa shape index (κ3) is 3.22. The van der Waals surface area contributed by atoms with Crippen molar-refractivity contribution in [2.24, 2.45) is 11.7 Å². The molecule has 0 aromatic heterocycles. The number of carbonyl (C=O) groups excluding carboxylic acids is 1. The molecule has 0 bridgehead atoms. The van der Waals surface area contributed by atoms with Gasteiger partial charge in [0.05, 0.1) is 5.56 Å². The van der Waals surface area contributed by atoms with E-state index in [-0.39, 0.29) is 23.9 Å². The summed E-state index contributed by atoms with van der Waals surface area (Å²) in [5.74, 6) is -0.386. The summed E-state index contributed by atoms with van der Waals surface area (Å²) in [6.07, 6.45) is 0.901. The molecule has 1 saturated heterocycles. The van der Waals surface area contributed by atoms with Gasteiger partial charge in [-0.3, -0.25) is 4.79 Å². The summed E-state index contributed by atoms with van der Waals surface area (Å²) in [4.78, 5) is 13.8. The first-order valence-electron chi connectivity index (χ1n) is 5.56. The first-order valence-corrected chi connectivity index (χ1v) is 6.35. The Morgan fingerprint density at radius 3 is 2.89 bits per heavy atom. The maximum atomic E-state index is 13.6. The van der Waals surface area contributed by atoms with Crippen LogP contribution in [-0.2, 0) is 0 Å². The number of rotatable bonds is 2. The highest BCUT2D eigenvalue weighted by molar-refractivity contribution is 9.10. The first kappa shape index (κ1) is 15.4. The zero-order valence-corrected chi connectivity index (χ0v) is 12.1. The van der Waals surface area contributed by atoms with Crippen molar-refractivity contribution in [1.29, 1.82) is 0 Å². The fourth-order valence-electron chi connectivity index (χ4n) is 2.04. The Hall–Kier alpha value is -0.650. The minimum Gasteiger partial charge on any atom is -0.338 e. The SMILES string of the molecule is Cl.NCC1CCN(C(=O)c2cc(Br)ccc2F)C1. The maximum absolute atomic E-state index is 13.6. The molecular weight excluding hydrogens is 323 g/mol. The maximum Gasteiger partial charge on any atom is 0.256 e. The summed E-state index contributed by atoms with van der Waals surface area (Å²) in [6, 6.07) is 4.40. The summed E-state index contributed by atoms with van der Waals surface area (Å²) in [6.45, 7) is 1.86. The van der Waals surface area contributed by atoms with E-state index in [1.54, 1.807) is 11.0 Å². The van der Waals surface area contributed by atoms with Gasteiger partial charge in [-0.05, 0) is 37.1 Å². The molecule has 1 aliphatic heterocycles. The van der Waals surface area contributed by atoms with Crippen LogP contribution >= 0.6 is 28.3 Å². The van der Waals surface area contributed by atoms with Crippen molar-refractivity contribution in [3.05, 3.63) is 34.1 Å². The van der Waals surface area contributed by atoms with Crippen molar-refractivity contribution in [3.63, 3.8) is 0 Å². The lowest BCUT2D eigenvalue weighted by Crippen LogP contribution is -2.30. The highest BCUT2D eigenvalue weighted by Gasteiger charge is 2.27. The molecule has 1 amide bonds. The van der Waals surface area contributed by atoms with Crippen LogP contribution in [0.5, 0.6) is 0 Å². The van der Waals surface area contributed by atoms with Crippen molar-refractivity contribution in [1.82, 2.24) is 4.90 Å². The molecule has 18 heavy (non-hydrogen) atoms. The fraction of sp³-hybridized carbons (Fsp3) is 0.417. The van der Waals surface area contributed by atoms with Crippen LogP contribution in [0, 0.1) is 11.7 Å². The van der Waals surface area contributed by atoms with E-state index in [1.807, 2.05) is 0 Å². The van der Waals surface area contributed by atoms with Gasteiger partial charge in [0.25, 0.3) is 5.91 Å². The first-order chi connectivity index (χ1) is 8.11. The van der Waals surface area contributed by atoms with Gasteiger partial charge in [-0.2, -0.15) is 0 Å². The fourth-order valence-corrected chi connectivity index (χ4v) is 2.40. The van der Waals surface area contributed by atoms with Crippen LogP contribution < -0.4 is 5.73 Å². The summed E-state index contributed by atoms with van der Waals surface area (Å²) >= 11 is 3.24. The minimum absolute atomic E-state index is 0. The third-order valence-electron chi connectivity index (χ3n) is 3.07. The van der Waals surface area contributed by atoms with E-state index in [0.29, 0.717) is 30.0 Å². The number of benzene rings is 1. The molecule has 1 unspecified atom stereocenters. The Labute approximate surface area is 120 Å². The largest absolute Gasteiger partial charge is 0.338 e. The van der Waals surface area contributed by atoms with Gasteiger partial charge in [0.1, 0.15) is 5.82 Å². The molecule has 1 aliphatic rings.